The summed E-state index contributed by atoms with van der Waals surface area (Å²) >= 11 is 1.82. The van der Waals surface area contributed by atoms with E-state index >= 15 is 0 Å². The zero-order valence-corrected chi connectivity index (χ0v) is 12.0. The fraction of sp³-hybridized carbons (Fsp3) is 0.833. The van der Waals surface area contributed by atoms with Gasteiger partial charge in [0.25, 0.3) is 0 Å². The van der Waals surface area contributed by atoms with Crippen LogP contribution in [-0.2, 0) is 4.79 Å². The SMILES string of the molecule is CC1SCCN(C(=O)N2C[C@H](O)C[C@H]2C(=O)O)C1C. The number of rotatable bonds is 1. The summed E-state index contributed by atoms with van der Waals surface area (Å²) < 4.78 is 0. The molecule has 2 saturated heterocycles. The lowest BCUT2D eigenvalue weighted by Crippen LogP contribution is -2.55. The molecule has 2 aliphatic rings. The van der Waals surface area contributed by atoms with Gasteiger partial charge in [-0.15, -0.1) is 0 Å². The van der Waals surface area contributed by atoms with Crippen molar-refractivity contribution in [1.29, 1.82) is 0 Å². The Morgan fingerprint density at radius 3 is 2.58 bits per heavy atom. The van der Waals surface area contributed by atoms with Crippen molar-refractivity contribution in [3.05, 3.63) is 0 Å². The molecule has 2 amide bonds. The highest BCUT2D eigenvalue weighted by Gasteiger charge is 2.42. The molecule has 4 atom stereocenters. The number of carbonyl (C=O) groups excluding carboxylic acids is 1. The normalized spacial score (nSPS) is 35.5. The molecule has 0 aromatic rings. The number of urea groups is 1. The molecule has 2 fully saturated rings. The molecule has 0 aromatic carbocycles. The van der Waals surface area contributed by atoms with E-state index < -0.39 is 18.1 Å². The number of aliphatic hydroxyl groups excluding tert-OH is 1. The summed E-state index contributed by atoms with van der Waals surface area (Å²) in [6.07, 6.45) is -0.620. The van der Waals surface area contributed by atoms with E-state index in [-0.39, 0.29) is 25.0 Å². The van der Waals surface area contributed by atoms with Crippen molar-refractivity contribution >= 4 is 23.8 Å². The Balaban J connectivity index is 2.11. The second-order valence-electron chi connectivity index (χ2n) is 5.19. The van der Waals surface area contributed by atoms with E-state index in [0.29, 0.717) is 11.8 Å². The first-order chi connectivity index (χ1) is 8.91. The van der Waals surface area contributed by atoms with Crippen LogP contribution in [0.15, 0.2) is 0 Å². The number of aliphatic hydroxyl groups is 1. The molecule has 19 heavy (non-hydrogen) atoms. The summed E-state index contributed by atoms with van der Waals surface area (Å²) in [4.78, 5) is 26.7. The molecule has 2 aliphatic heterocycles. The zero-order chi connectivity index (χ0) is 14.2. The topological polar surface area (TPSA) is 81.1 Å². The molecule has 108 valence electrons. The van der Waals surface area contributed by atoms with E-state index in [4.69, 9.17) is 5.11 Å². The first kappa shape index (κ1) is 14.5. The van der Waals surface area contributed by atoms with Gasteiger partial charge in [-0.3, -0.25) is 0 Å². The number of thioether (sulfide) groups is 1. The molecule has 0 spiro atoms. The van der Waals surface area contributed by atoms with Gasteiger partial charge in [-0.25, -0.2) is 9.59 Å². The van der Waals surface area contributed by atoms with Crippen molar-refractivity contribution in [2.24, 2.45) is 0 Å². The third-order valence-corrected chi connectivity index (χ3v) is 5.28. The fourth-order valence-corrected chi connectivity index (χ4v) is 3.73. The first-order valence-corrected chi connectivity index (χ1v) is 7.56. The number of amides is 2. The molecule has 0 aliphatic carbocycles. The van der Waals surface area contributed by atoms with Crippen LogP contribution in [0.25, 0.3) is 0 Å². The van der Waals surface area contributed by atoms with Crippen LogP contribution in [0.1, 0.15) is 20.3 Å². The van der Waals surface area contributed by atoms with Gasteiger partial charge < -0.3 is 20.0 Å². The molecule has 2 rings (SSSR count). The molecule has 7 heteroatoms. The molecular formula is C12H20N2O4S. The monoisotopic (exact) mass is 288 g/mol. The van der Waals surface area contributed by atoms with Gasteiger partial charge in [0.15, 0.2) is 0 Å². The highest BCUT2D eigenvalue weighted by Crippen LogP contribution is 2.27. The van der Waals surface area contributed by atoms with Crippen LogP contribution in [0, 0.1) is 0 Å². The van der Waals surface area contributed by atoms with E-state index in [0.717, 1.165) is 5.75 Å². The quantitative estimate of drug-likeness (QED) is 0.732. The van der Waals surface area contributed by atoms with Crippen molar-refractivity contribution < 1.29 is 19.8 Å². The van der Waals surface area contributed by atoms with Crippen molar-refractivity contribution in [1.82, 2.24) is 9.80 Å². The predicted octanol–water partition coefficient (Wildman–Crippen LogP) is 0.452. The number of β-amino-alcohol motifs (C(OH)–C–C–N with tert-alkyl or cyclic N) is 1. The number of nitrogens with zero attached hydrogens (tertiary/aromatic N) is 2. The lowest BCUT2D eigenvalue weighted by molar-refractivity contribution is -0.141. The Bertz CT molecular complexity index is 379. The van der Waals surface area contributed by atoms with Gasteiger partial charge in [0.2, 0.25) is 0 Å². The Kier molecular flexibility index (Phi) is 4.25. The smallest absolute Gasteiger partial charge is 0.326 e. The van der Waals surface area contributed by atoms with Gasteiger partial charge in [0, 0.05) is 36.6 Å². The standard InChI is InChI=1S/C12H20N2O4S/c1-7-8(2)19-4-3-13(7)12(18)14-6-9(15)5-10(14)11(16)17/h7-10,15H,3-6H2,1-2H3,(H,16,17)/t7?,8?,9-,10+/m1/s1. The van der Waals surface area contributed by atoms with Crippen LogP contribution in [0.5, 0.6) is 0 Å². The van der Waals surface area contributed by atoms with Gasteiger partial charge in [0.05, 0.1) is 6.10 Å². The minimum absolute atomic E-state index is 0.0819. The Labute approximate surface area is 116 Å². The number of aliphatic carboxylic acids is 1. The molecule has 2 unspecified atom stereocenters. The highest BCUT2D eigenvalue weighted by molar-refractivity contribution is 8.00. The van der Waals surface area contributed by atoms with Crippen LogP contribution < -0.4 is 0 Å². The van der Waals surface area contributed by atoms with Crippen LogP contribution in [0.2, 0.25) is 0 Å². The van der Waals surface area contributed by atoms with Crippen LogP contribution in [0.3, 0.4) is 0 Å². The van der Waals surface area contributed by atoms with Gasteiger partial charge in [-0.2, -0.15) is 11.8 Å². The lowest BCUT2D eigenvalue weighted by Gasteiger charge is -2.40. The summed E-state index contributed by atoms with van der Waals surface area (Å²) in [5.41, 5.74) is 0. The van der Waals surface area contributed by atoms with Gasteiger partial charge in [-0.1, -0.05) is 6.92 Å². The zero-order valence-electron chi connectivity index (χ0n) is 11.2. The Morgan fingerprint density at radius 2 is 1.95 bits per heavy atom. The molecule has 0 bridgehead atoms. The van der Waals surface area contributed by atoms with Crippen LogP contribution in [-0.4, -0.2) is 74.3 Å². The predicted molar refractivity (Wildman–Crippen MR) is 72.2 cm³/mol. The largest absolute Gasteiger partial charge is 0.480 e. The molecule has 0 aromatic heterocycles. The van der Waals surface area contributed by atoms with E-state index in [9.17, 15) is 14.7 Å². The van der Waals surface area contributed by atoms with Gasteiger partial charge >= 0.3 is 12.0 Å². The maximum atomic E-state index is 12.5. The minimum atomic E-state index is -1.04. The molecule has 2 heterocycles. The second-order valence-corrected chi connectivity index (χ2v) is 6.67. The molecule has 0 saturated carbocycles. The maximum Gasteiger partial charge on any atom is 0.326 e. The fourth-order valence-electron chi connectivity index (χ4n) is 2.63. The average Bonchev–Trinajstić information content (AvgIpc) is 2.74. The van der Waals surface area contributed by atoms with Gasteiger partial charge in [0.1, 0.15) is 6.04 Å². The van der Waals surface area contributed by atoms with Crippen LogP contribution >= 0.6 is 11.8 Å². The third-order valence-electron chi connectivity index (χ3n) is 3.94. The molecular weight excluding hydrogens is 268 g/mol. The number of hydrogen-bond donors (Lipinski definition) is 2. The summed E-state index contributed by atoms with van der Waals surface area (Å²) in [5, 5.41) is 19.1. The van der Waals surface area contributed by atoms with E-state index in [1.807, 2.05) is 18.7 Å². The summed E-state index contributed by atoms with van der Waals surface area (Å²) in [5.74, 6) is -0.178. The van der Waals surface area contributed by atoms with Crippen LogP contribution in [0.4, 0.5) is 4.79 Å². The van der Waals surface area contributed by atoms with E-state index in [2.05, 4.69) is 6.92 Å². The van der Waals surface area contributed by atoms with E-state index in [1.165, 1.54) is 4.90 Å². The van der Waals surface area contributed by atoms with Gasteiger partial charge in [-0.05, 0) is 6.92 Å². The number of carboxylic acids is 1. The second kappa shape index (κ2) is 5.58. The minimum Gasteiger partial charge on any atom is -0.480 e. The molecule has 2 N–H and O–H groups in total. The van der Waals surface area contributed by atoms with E-state index in [1.54, 1.807) is 4.90 Å². The number of carbonyl (C=O) groups is 2. The summed E-state index contributed by atoms with van der Waals surface area (Å²) in [7, 11) is 0. The Morgan fingerprint density at radius 1 is 1.26 bits per heavy atom. The first-order valence-electron chi connectivity index (χ1n) is 6.51. The number of carboxylic acid groups (broad SMARTS) is 1. The average molecular weight is 288 g/mol. The number of likely N-dealkylation sites (tertiary alicyclic amines) is 1. The lowest BCUT2D eigenvalue weighted by atomic mass is 10.2. The molecule has 6 nitrogen and oxygen atoms in total. The van der Waals surface area contributed by atoms with Crippen molar-refractivity contribution in [3.63, 3.8) is 0 Å². The summed E-state index contributed by atoms with van der Waals surface area (Å²) in [6.45, 7) is 4.80. The van der Waals surface area contributed by atoms with Crippen molar-refractivity contribution in [2.75, 3.05) is 18.8 Å². The van der Waals surface area contributed by atoms with Crippen molar-refractivity contribution in [2.45, 2.75) is 43.7 Å². The Hall–Kier alpha value is -0.950. The third kappa shape index (κ3) is 2.81. The van der Waals surface area contributed by atoms with Crippen molar-refractivity contribution in [3.8, 4) is 0 Å². The highest BCUT2D eigenvalue weighted by atomic mass is 32.2. The number of hydrogen-bond acceptors (Lipinski definition) is 4. The maximum absolute atomic E-state index is 12.5. The summed E-state index contributed by atoms with van der Waals surface area (Å²) in [6, 6.07) is -1.08. The molecule has 0 radical (unpaired) electrons.